The van der Waals surface area contributed by atoms with Crippen molar-refractivity contribution in [1.82, 2.24) is 14.9 Å². The van der Waals surface area contributed by atoms with Crippen molar-refractivity contribution in [2.24, 2.45) is 5.92 Å². The summed E-state index contributed by atoms with van der Waals surface area (Å²) in [6.45, 7) is 4.28. The van der Waals surface area contributed by atoms with Crippen molar-refractivity contribution >= 4 is 0 Å². The van der Waals surface area contributed by atoms with Crippen LogP contribution < -0.4 is 9.47 Å². The molecule has 1 saturated heterocycles. The quantitative estimate of drug-likeness (QED) is 0.485. The van der Waals surface area contributed by atoms with Gasteiger partial charge in [0.15, 0.2) is 0 Å². The molecule has 0 N–H and O–H groups in total. The van der Waals surface area contributed by atoms with E-state index in [1.807, 2.05) is 36.7 Å². The topological polar surface area (TPSA) is 47.5 Å². The number of methoxy groups -OCH3 is 1. The van der Waals surface area contributed by atoms with Gasteiger partial charge in [0, 0.05) is 24.5 Å². The summed E-state index contributed by atoms with van der Waals surface area (Å²) in [5.74, 6) is 2.07. The van der Waals surface area contributed by atoms with Gasteiger partial charge in [0.1, 0.15) is 5.75 Å². The molecule has 3 aromatic rings. The van der Waals surface area contributed by atoms with E-state index in [0.29, 0.717) is 24.5 Å². The molecule has 1 aromatic heterocycles. The highest BCUT2D eigenvalue weighted by Crippen LogP contribution is 2.41. The molecule has 32 heavy (non-hydrogen) atoms. The van der Waals surface area contributed by atoms with Crippen LogP contribution in [0.5, 0.6) is 11.8 Å². The SMILES string of the molecule is COc1ccc(-c2cnc(OC[C@H]3C[C@@H](c4ccc(CN5CCCC5)cc4)C3)nc2)cc1. The Morgan fingerprint density at radius 2 is 1.56 bits per heavy atom. The van der Waals surface area contributed by atoms with Crippen molar-refractivity contribution in [1.29, 1.82) is 0 Å². The number of nitrogens with zero attached hydrogens (tertiary/aromatic N) is 3. The van der Waals surface area contributed by atoms with Gasteiger partial charge < -0.3 is 9.47 Å². The first-order valence-corrected chi connectivity index (χ1v) is 11.7. The Morgan fingerprint density at radius 3 is 2.22 bits per heavy atom. The minimum atomic E-state index is 0.456. The molecule has 166 valence electrons. The smallest absolute Gasteiger partial charge is 0.316 e. The summed E-state index contributed by atoms with van der Waals surface area (Å²) in [7, 11) is 1.67. The Labute approximate surface area is 190 Å². The molecule has 0 atom stereocenters. The fraction of sp³-hybridized carbons (Fsp3) is 0.407. The third-order valence-electron chi connectivity index (χ3n) is 6.79. The Bertz CT molecular complexity index is 991. The van der Waals surface area contributed by atoms with Crippen molar-refractivity contribution in [2.75, 3.05) is 26.8 Å². The number of ether oxygens (including phenoxy) is 2. The molecule has 0 unspecified atom stereocenters. The number of likely N-dealkylation sites (tertiary alicyclic amines) is 1. The predicted molar refractivity (Wildman–Crippen MR) is 126 cm³/mol. The number of hydrogen-bond donors (Lipinski definition) is 0. The van der Waals surface area contributed by atoms with Gasteiger partial charge in [-0.05, 0) is 79.4 Å². The van der Waals surface area contributed by atoms with Gasteiger partial charge in [-0.2, -0.15) is 0 Å². The van der Waals surface area contributed by atoms with Crippen LogP contribution in [0.15, 0.2) is 60.9 Å². The second-order valence-corrected chi connectivity index (χ2v) is 9.05. The molecule has 0 spiro atoms. The summed E-state index contributed by atoms with van der Waals surface area (Å²) in [6, 6.07) is 17.6. The van der Waals surface area contributed by atoms with E-state index in [1.165, 1.54) is 49.9 Å². The first kappa shape index (κ1) is 21.0. The van der Waals surface area contributed by atoms with Crippen LogP contribution in [0.4, 0.5) is 0 Å². The standard InChI is InChI=1S/C27H31N3O2/c1-31-26-10-8-23(9-11-26)25-16-28-27(29-17-25)32-19-21-14-24(15-21)22-6-4-20(5-7-22)18-30-12-2-3-13-30/h4-11,16-17,21,24H,2-3,12-15,18-19H2,1H3/t21-,24+. The molecule has 1 aliphatic carbocycles. The van der Waals surface area contributed by atoms with E-state index in [-0.39, 0.29) is 0 Å². The van der Waals surface area contributed by atoms with Crippen molar-refractivity contribution in [3.63, 3.8) is 0 Å². The van der Waals surface area contributed by atoms with Gasteiger partial charge in [0.05, 0.1) is 13.7 Å². The summed E-state index contributed by atoms with van der Waals surface area (Å²) < 4.78 is 11.1. The van der Waals surface area contributed by atoms with Gasteiger partial charge in [0.2, 0.25) is 0 Å². The summed E-state index contributed by atoms with van der Waals surface area (Å²) in [5, 5.41) is 0. The largest absolute Gasteiger partial charge is 0.497 e. The zero-order chi connectivity index (χ0) is 21.8. The molecule has 2 heterocycles. The fourth-order valence-electron chi connectivity index (χ4n) is 4.75. The normalized spacial score (nSPS) is 20.7. The van der Waals surface area contributed by atoms with E-state index in [1.54, 1.807) is 7.11 Å². The summed E-state index contributed by atoms with van der Waals surface area (Å²) >= 11 is 0. The lowest BCUT2D eigenvalue weighted by Gasteiger charge is -2.35. The zero-order valence-corrected chi connectivity index (χ0v) is 18.7. The molecule has 2 aromatic carbocycles. The van der Waals surface area contributed by atoms with E-state index in [4.69, 9.17) is 9.47 Å². The van der Waals surface area contributed by atoms with E-state index in [9.17, 15) is 0 Å². The molecule has 0 amide bonds. The average molecular weight is 430 g/mol. The molecule has 1 aliphatic heterocycles. The van der Waals surface area contributed by atoms with Gasteiger partial charge in [-0.25, -0.2) is 9.97 Å². The van der Waals surface area contributed by atoms with Crippen LogP contribution in [0.3, 0.4) is 0 Å². The molecule has 5 nitrogen and oxygen atoms in total. The maximum atomic E-state index is 5.87. The predicted octanol–water partition coefficient (Wildman–Crippen LogP) is 5.32. The monoisotopic (exact) mass is 429 g/mol. The average Bonchev–Trinajstić information content (AvgIpc) is 3.33. The second kappa shape index (κ2) is 9.70. The Balaban J connectivity index is 1.07. The van der Waals surface area contributed by atoms with Crippen molar-refractivity contribution in [2.45, 2.75) is 38.1 Å². The van der Waals surface area contributed by atoms with Crippen LogP contribution >= 0.6 is 0 Å². The highest BCUT2D eigenvalue weighted by molar-refractivity contribution is 5.62. The Hall–Kier alpha value is -2.92. The molecule has 2 fully saturated rings. The Morgan fingerprint density at radius 1 is 0.875 bits per heavy atom. The summed E-state index contributed by atoms with van der Waals surface area (Å²) in [5.41, 5.74) is 4.93. The summed E-state index contributed by atoms with van der Waals surface area (Å²) in [4.78, 5) is 11.3. The molecular weight excluding hydrogens is 398 g/mol. The van der Waals surface area contributed by atoms with Gasteiger partial charge in [-0.1, -0.05) is 36.4 Å². The van der Waals surface area contributed by atoms with E-state index in [0.717, 1.165) is 23.4 Å². The lowest BCUT2D eigenvalue weighted by Crippen LogP contribution is -2.27. The maximum absolute atomic E-state index is 5.87. The van der Waals surface area contributed by atoms with Crippen LogP contribution in [0, 0.1) is 5.92 Å². The molecule has 1 saturated carbocycles. The van der Waals surface area contributed by atoms with E-state index < -0.39 is 0 Å². The van der Waals surface area contributed by atoms with Crippen molar-refractivity contribution in [3.05, 3.63) is 72.1 Å². The van der Waals surface area contributed by atoms with Gasteiger partial charge in [-0.3, -0.25) is 4.90 Å². The van der Waals surface area contributed by atoms with Gasteiger partial charge >= 0.3 is 6.01 Å². The third-order valence-corrected chi connectivity index (χ3v) is 6.79. The van der Waals surface area contributed by atoms with Crippen LogP contribution in [0.1, 0.15) is 42.7 Å². The third kappa shape index (κ3) is 4.94. The van der Waals surface area contributed by atoms with Gasteiger partial charge in [0.25, 0.3) is 0 Å². The highest BCUT2D eigenvalue weighted by Gasteiger charge is 2.31. The lowest BCUT2D eigenvalue weighted by molar-refractivity contribution is 0.149. The number of rotatable bonds is 8. The number of hydrogen-bond acceptors (Lipinski definition) is 5. The van der Waals surface area contributed by atoms with E-state index >= 15 is 0 Å². The minimum Gasteiger partial charge on any atom is -0.497 e. The maximum Gasteiger partial charge on any atom is 0.316 e. The van der Waals surface area contributed by atoms with E-state index in [2.05, 4.69) is 39.1 Å². The molecule has 2 aliphatic rings. The fourth-order valence-corrected chi connectivity index (χ4v) is 4.75. The zero-order valence-electron chi connectivity index (χ0n) is 18.7. The first-order valence-electron chi connectivity index (χ1n) is 11.7. The number of benzene rings is 2. The van der Waals surface area contributed by atoms with Crippen LogP contribution in [-0.2, 0) is 6.54 Å². The Kier molecular flexibility index (Phi) is 6.35. The van der Waals surface area contributed by atoms with Crippen LogP contribution in [0.2, 0.25) is 0 Å². The van der Waals surface area contributed by atoms with Crippen LogP contribution in [-0.4, -0.2) is 41.7 Å². The van der Waals surface area contributed by atoms with Crippen LogP contribution in [0.25, 0.3) is 11.1 Å². The second-order valence-electron chi connectivity index (χ2n) is 9.05. The molecule has 5 rings (SSSR count). The first-order chi connectivity index (χ1) is 15.8. The molecule has 0 bridgehead atoms. The van der Waals surface area contributed by atoms with Crippen molar-refractivity contribution in [3.8, 4) is 22.9 Å². The highest BCUT2D eigenvalue weighted by atomic mass is 16.5. The summed E-state index contributed by atoms with van der Waals surface area (Å²) in [6.07, 6.45) is 8.68. The lowest BCUT2D eigenvalue weighted by atomic mass is 9.72. The molecular formula is C27H31N3O2. The van der Waals surface area contributed by atoms with Crippen molar-refractivity contribution < 1.29 is 9.47 Å². The number of aromatic nitrogens is 2. The minimum absolute atomic E-state index is 0.456. The van der Waals surface area contributed by atoms with Gasteiger partial charge in [-0.15, -0.1) is 0 Å². The molecule has 0 radical (unpaired) electrons. The molecule has 5 heteroatoms.